The van der Waals surface area contributed by atoms with Crippen LogP contribution in [0.1, 0.15) is 33.3 Å². The monoisotopic (exact) mass is 564 g/mol. The van der Waals surface area contributed by atoms with E-state index in [1.54, 1.807) is 4.78 Å². The molecule has 0 radical (unpaired) electrons. The average Bonchev–Trinajstić information content (AvgIpc) is 3.15. The number of nitrogens with zero attached hydrogens (tertiary/aromatic N) is 4. The van der Waals surface area contributed by atoms with Crippen LogP contribution < -0.4 is 9.68 Å². The largest absolute Gasteiger partial charge is 0.346 e. The SMILES string of the molecule is CCN(CC)P1(=O)/C(=C2/N(C)c3ccc(Br)cc3C2(C)C)C=NN1c1ccc(Br)cc1. The third-order valence-corrected chi connectivity index (χ3v) is 10.4. The zero-order valence-electron chi connectivity index (χ0n) is 18.4. The Labute approximate surface area is 201 Å². The summed E-state index contributed by atoms with van der Waals surface area (Å²) in [6.07, 6.45) is 1.82. The molecule has 1 unspecified atom stereocenters. The lowest BCUT2D eigenvalue weighted by Crippen LogP contribution is -2.31. The van der Waals surface area contributed by atoms with Gasteiger partial charge < -0.3 is 4.90 Å². The Hall–Kier alpha value is -1.40. The summed E-state index contributed by atoms with van der Waals surface area (Å²) in [7, 11) is -1.13. The summed E-state index contributed by atoms with van der Waals surface area (Å²) in [6.45, 7) is 9.85. The van der Waals surface area contributed by atoms with Crippen molar-refractivity contribution in [2.45, 2.75) is 33.1 Å². The second kappa shape index (κ2) is 8.18. The highest BCUT2D eigenvalue weighted by Crippen LogP contribution is 2.67. The molecule has 2 aromatic rings. The minimum Gasteiger partial charge on any atom is -0.346 e. The van der Waals surface area contributed by atoms with Crippen molar-refractivity contribution in [3.63, 3.8) is 0 Å². The van der Waals surface area contributed by atoms with Crippen LogP contribution in [0.3, 0.4) is 0 Å². The van der Waals surface area contributed by atoms with E-state index >= 15 is 0 Å². The van der Waals surface area contributed by atoms with E-state index in [4.69, 9.17) is 5.10 Å². The van der Waals surface area contributed by atoms with Crippen molar-refractivity contribution >= 4 is 56.9 Å². The maximum Gasteiger partial charge on any atom is 0.292 e. The molecular formula is C23H27Br2N4OP. The van der Waals surface area contributed by atoms with Crippen molar-refractivity contribution < 1.29 is 4.57 Å². The molecule has 2 aliphatic rings. The number of hydrazone groups is 1. The predicted molar refractivity (Wildman–Crippen MR) is 138 cm³/mol. The van der Waals surface area contributed by atoms with Crippen molar-refractivity contribution in [1.82, 2.24) is 4.67 Å². The van der Waals surface area contributed by atoms with Gasteiger partial charge in [0.05, 0.1) is 17.2 Å². The lowest BCUT2D eigenvalue weighted by Gasteiger charge is -2.36. The molecule has 0 N–H and O–H groups in total. The molecule has 2 aromatic carbocycles. The molecule has 8 heteroatoms. The molecule has 0 spiro atoms. The molecule has 164 valence electrons. The second-order valence-corrected chi connectivity index (χ2v) is 12.6. The van der Waals surface area contributed by atoms with Gasteiger partial charge in [-0.05, 0) is 48.0 Å². The Kier molecular flexibility index (Phi) is 6.01. The van der Waals surface area contributed by atoms with Crippen LogP contribution in [0.2, 0.25) is 0 Å². The molecule has 4 rings (SSSR count). The van der Waals surface area contributed by atoms with E-state index in [0.717, 1.165) is 31.3 Å². The van der Waals surface area contributed by atoms with E-state index in [-0.39, 0.29) is 5.41 Å². The van der Waals surface area contributed by atoms with E-state index in [1.165, 1.54) is 5.56 Å². The summed E-state index contributed by atoms with van der Waals surface area (Å²) in [5, 5.41) is 5.51. The molecule has 31 heavy (non-hydrogen) atoms. The van der Waals surface area contributed by atoms with Crippen LogP contribution in [-0.4, -0.2) is 31.0 Å². The Morgan fingerprint density at radius 3 is 2.26 bits per heavy atom. The minimum atomic E-state index is -3.19. The second-order valence-electron chi connectivity index (χ2n) is 8.27. The van der Waals surface area contributed by atoms with Gasteiger partial charge in [-0.15, -0.1) is 0 Å². The van der Waals surface area contributed by atoms with Crippen molar-refractivity contribution in [2.24, 2.45) is 5.10 Å². The highest BCUT2D eigenvalue weighted by molar-refractivity contribution is 9.10. The molecule has 2 aliphatic heterocycles. The van der Waals surface area contributed by atoms with Gasteiger partial charge in [0.2, 0.25) is 0 Å². The van der Waals surface area contributed by atoms with Crippen molar-refractivity contribution in [3.05, 3.63) is 68.0 Å². The fourth-order valence-corrected chi connectivity index (χ4v) is 8.38. The molecule has 0 aliphatic carbocycles. The highest BCUT2D eigenvalue weighted by Gasteiger charge is 2.50. The topological polar surface area (TPSA) is 39.2 Å². The van der Waals surface area contributed by atoms with Crippen LogP contribution in [-0.2, 0) is 9.98 Å². The van der Waals surface area contributed by atoms with Crippen LogP contribution >= 0.6 is 39.3 Å². The van der Waals surface area contributed by atoms with E-state index in [9.17, 15) is 4.57 Å². The first-order chi connectivity index (χ1) is 14.7. The van der Waals surface area contributed by atoms with Crippen molar-refractivity contribution in [1.29, 1.82) is 0 Å². The quantitative estimate of drug-likeness (QED) is 0.368. The van der Waals surface area contributed by atoms with Gasteiger partial charge in [0.15, 0.2) is 0 Å². The molecule has 2 heterocycles. The van der Waals surface area contributed by atoms with Crippen molar-refractivity contribution in [2.75, 3.05) is 29.8 Å². The van der Waals surface area contributed by atoms with Gasteiger partial charge in [-0.2, -0.15) is 9.88 Å². The number of allylic oxidation sites excluding steroid dienone is 2. The van der Waals surface area contributed by atoms with Gasteiger partial charge in [-0.25, -0.2) is 4.67 Å². The summed E-state index contributed by atoms with van der Waals surface area (Å²) in [5.41, 5.74) is 3.90. The number of fused-ring (bicyclic) bond motifs is 1. The molecule has 0 aromatic heterocycles. The van der Waals surface area contributed by atoms with Gasteiger partial charge in [0.25, 0.3) is 7.44 Å². The molecular weight excluding hydrogens is 539 g/mol. The maximum atomic E-state index is 15.0. The number of hydrogen-bond acceptors (Lipinski definition) is 3. The lowest BCUT2D eigenvalue weighted by molar-refractivity contribution is 0.446. The van der Waals surface area contributed by atoms with Gasteiger partial charge in [-0.3, -0.25) is 4.57 Å². The summed E-state index contributed by atoms with van der Waals surface area (Å²) >= 11 is 7.11. The zero-order valence-corrected chi connectivity index (χ0v) is 22.5. The molecule has 0 saturated heterocycles. The molecule has 0 saturated carbocycles. The Morgan fingerprint density at radius 1 is 1.03 bits per heavy atom. The average molecular weight is 566 g/mol. The van der Waals surface area contributed by atoms with E-state index in [1.807, 2.05) is 35.2 Å². The van der Waals surface area contributed by atoms with Crippen LogP contribution in [0.4, 0.5) is 11.4 Å². The number of halogens is 2. The fourth-order valence-electron chi connectivity index (χ4n) is 4.69. The number of rotatable bonds is 4. The van der Waals surface area contributed by atoms with Crippen LogP contribution in [0.5, 0.6) is 0 Å². The molecule has 1 atom stereocenters. The Balaban J connectivity index is 1.95. The minimum absolute atomic E-state index is 0.312. The highest BCUT2D eigenvalue weighted by atomic mass is 79.9. The normalized spacial score (nSPS) is 24.4. The number of anilines is 2. The third kappa shape index (κ3) is 3.45. The fraction of sp³-hybridized carbons (Fsp3) is 0.348. The van der Waals surface area contributed by atoms with Crippen molar-refractivity contribution in [3.8, 4) is 0 Å². The zero-order chi connectivity index (χ0) is 22.6. The molecule has 5 nitrogen and oxygen atoms in total. The third-order valence-electron chi connectivity index (χ3n) is 6.19. The van der Waals surface area contributed by atoms with Gasteiger partial charge >= 0.3 is 0 Å². The lowest BCUT2D eigenvalue weighted by atomic mass is 9.84. The summed E-state index contributed by atoms with van der Waals surface area (Å²) < 4.78 is 20.8. The Morgan fingerprint density at radius 2 is 1.65 bits per heavy atom. The van der Waals surface area contributed by atoms with Crippen LogP contribution in [0.25, 0.3) is 0 Å². The van der Waals surface area contributed by atoms with E-state index in [2.05, 4.69) is 89.7 Å². The molecule has 0 bridgehead atoms. The first-order valence-corrected chi connectivity index (χ1v) is 13.6. The van der Waals surface area contributed by atoms with E-state index < -0.39 is 7.44 Å². The number of hydrogen-bond donors (Lipinski definition) is 0. The first kappa shape index (κ1) is 22.8. The smallest absolute Gasteiger partial charge is 0.292 e. The number of likely N-dealkylation sites (N-methyl/N-ethyl adjacent to an activating group) is 1. The Bertz CT molecular complexity index is 1120. The summed E-state index contributed by atoms with van der Waals surface area (Å²) in [4.78, 5) is 2.18. The molecule has 0 fully saturated rings. The summed E-state index contributed by atoms with van der Waals surface area (Å²) in [5.74, 6) is 0. The molecule has 0 amide bonds. The first-order valence-electron chi connectivity index (χ1n) is 10.4. The van der Waals surface area contributed by atoms with Crippen LogP contribution in [0.15, 0.2) is 67.5 Å². The standard InChI is InChI=1S/C23H27Br2N4OP/c1-6-28(7-2)31(30)21(15-26-29(31)18-11-8-16(24)9-12-18)22-23(3,4)19-14-17(25)10-13-20(19)27(22)5/h8-15H,6-7H2,1-5H3/b22-21+. The summed E-state index contributed by atoms with van der Waals surface area (Å²) in [6, 6.07) is 14.2. The van der Waals surface area contributed by atoms with Crippen LogP contribution in [0, 0.1) is 0 Å². The number of benzene rings is 2. The van der Waals surface area contributed by atoms with Gasteiger partial charge in [-0.1, -0.05) is 59.6 Å². The van der Waals surface area contributed by atoms with Gasteiger partial charge in [0.1, 0.15) is 0 Å². The van der Waals surface area contributed by atoms with Gasteiger partial charge in [0, 0.05) is 45.9 Å². The maximum absolute atomic E-state index is 15.0. The predicted octanol–water partition coefficient (Wildman–Crippen LogP) is 7.19. The van der Waals surface area contributed by atoms with E-state index in [0.29, 0.717) is 13.1 Å².